The van der Waals surface area contributed by atoms with E-state index in [4.69, 9.17) is 4.74 Å². The first kappa shape index (κ1) is 67.3. The van der Waals surface area contributed by atoms with E-state index in [2.05, 4.69) is 31.3 Å². The maximum Gasteiger partial charge on any atom is 0.305 e. The van der Waals surface area contributed by atoms with Gasteiger partial charge in [0.1, 0.15) is 0 Å². The molecule has 0 aliphatic heterocycles. The molecular formula is C63H121NO5. The second-order valence-electron chi connectivity index (χ2n) is 21.4. The van der Waals surface area contributed by atoms with E-state index < -0.39 is 12.1 Å². The second-order valence-corrected chi connectivity index (χ2v) is 21.4. The fourth-order valence-corrected chi connectivity index (χ4v) is 9.69. The van der Waals surface area contributed by atoms with Crippen molar-refractivity contribution in [1.29, 1.82) is 0 Å². The molecule has 3 N–H and O–H groups in total. The SMILES string of the molecule is CCCCCCCCCCCC/C=C/C(O)C(CO)NC(=O)CCCCCCCCCCCCCC/C=C\CCCCCCCCCCCCCCOC(=O)CCCCCCCCCCCCCC. The maximum atomic E-state index is 12.4. The van der Waals surface area contributed by atoms with Gasteiger partial charge in [-0.3, -0.25) is 9.59 Å². The quantitative estimate of drug-likeness (QED) is 0.0321. The zero-order valence-corrected chi connectivity index (χ0v) is 46.6. The van der Waals surface area contributed by atoms with Crippen molar-refractivity contribution in [2.24, 2.45) is 0 Å². The predicted octanol–water partition coefficient (Wildman–Crippen LogP) is 19.4. The molecule has 1 amide bonds. The number of aliphatic hydroxyl groups is 2. The molecule has 0 rings (SSSR count). The highest BCUT2D eigenvalue weighted by atomic mass is 16.5. The summed E-state index contributed by atoms with van der Waals surface area (Å²) in [5, 5.41) is 23.1. The molecule has 69 heavy (non-hydrogen) atoms. The van der Waals surface area contributed by atoms with E-state index in [1.807, 2.05) is 6.08 Å². The molecule has 0 aliphatic carbocycles. The number of nitrogens with one attached hydrogen (secondary N) is 1. The number of unbranched alkanes of at least 4 members (excludes halogenated alkanes) is 45. The van der Waals surface area contributed by atoms with Crippen LogP contribution in [0.25, 0.3) is 0 Å². The fraction of sp³-hybridized carbons (Fsp3) is 0.905. The number of carbonyl (C=O) groups excluding carboxylic acids is 2. The van der Waals surface area contributed by atoms with Crippen LogP contribution >= 0.6 is 0 Å². The molecule has 0 saturated carbocycles. The van der Waals surface area contributed by atoms with Crippen molar-refractivity contribution in [1.82, 2.24) is 5.32 Å². The van der Waals surface area contributed by atoms with Gasteiger partial charge in [-0.25, -0.2) is 0 Å². The molecule has 0 aliphatic rings. The Hall–Kier alpha value is -1.66. The van der Waals surface area contributed by atoms with Crippen LogP contribution in [0.5, 0.6) is 0 Å². The van der Waals surface area contributed by atoms with Crippen LogP contribution in [0.3, 0.4) is 0 Å². The standard InChI is InChI=1S/C63H121NO5/c1-3-5-7-9-11-13-15-35-39-43-47-51-55-61(66)60(59-65)64-62(67)56-52-48-44-40-36-33-31-29-27-25-23-21-19-17-18-20-22-24-26-28-30-32-34-38-42-46-50-54-58-69-63(68)57-53-49-45-41-37-16-14-12-10-8-6-4-2/h17-18,51,55,60-61,65-66H,3-16,19-50,52-54,56-59H2,1-2H3,(H,64,67)/b18-17-,55-51+. The van der Waals surface area contributed by atoms with E-state index >= 15 is 0 Å². The lowest BCUT2D eigenvalue weighted by molar-refractivity contribution is -0.143. The second kappa shape index (κ2) is 58.9. The number of allylic oxidation sites excluding steroid dienone is 3. The van der Waals surface area contributed by atoms with E-state index in [0.717, 1.165) is 38.5 Å². The van der Waals surface area contributed by atoms with Crippen LogP contribution in [0.4, 0.5) is 0 Å². The molecule has 0 saturated heterocycles. The lowest BCUT2D eigenvalue weighted by atomic mass is 10.0. The van der Waals surface area contributed by atoms with Gasteiger partial charge >= 0.3 is 5.97 Å². The van der Waals surface area contributed by atoms with Crippen LogP contribution in [0.2, 0.25) is 0 Å². The number of hydrogen-bond acceptors (Lipinski definition) is 5. The third kappa shape index (κ3) is 55.5. The number of amides is 1. The van der Waals surface area contributed by atoms with Crippen LogP contribution in [0.15, 0.2) is 24.3 Å². The molecule has 0 radical (unpaired) electrons. The summed E-state index contributed by atoms with van der Waals surface area (Å²) in [6.45, 7) is 4.91. The van der Waals surface area contributed by atoms with Gasteiger partial charge in [0.25, 0.3) is 0 Å². The van der Waals surface area contributed by atoms with Crippen LogP contribution in [0.1, 0.15) is 341 Å². The molecule has 0 heterocycles. The maximum absolute atomic E-state index is 12.4. The number of hydrogen-bond donors (Lipinski definition) is 3. The molecular weight excluding hydrogens is 851 g/mol. The van der Waals surface area contributed by atoms with Crippen LogP contribution in [-0.4, -0.2) is 47.4 Å². The number of rotatable bonds is 58. The van der Waals surface area contributed by atoms with E-state index in [0.29, 0.717) is 19.4 Å². The minimum atomic E-state index is -0.842. The summed E-state index contributed by atoms with van der Waals surface area (Å²) < 4.78 is 5.47. The van der Waals surface area contributed by atoms with Crippen molar-refractivity contribution in [3.63, 3.8) is 0 Å². The van der Waals surface area contributed by atoms with Crippen molar-refractivity contribution >= 4 is 11.9 Å². The third-order valence-electron chi connectivity index (χ3n) is 14.5. The van der Waals surface area contributed by atoms with Crippen LogP contribution in [0, 0.1) is 0 Å². The van der Waals surface area contributed by atoms with Gasteiger partial charge in [0, 0.05) is 12.8 Å². The molecule has 6 heteroatoms. The van der Waals surface area contributed by atoms with E-state index in [1.165, 1.54) is 276 Å². The molecule has 0 fully saturated rings. The third-order valence-corrected chi connectivity index (χ3v) is 14.5. The minimum Gasteiger partial charge on any atom is -0.466 e. The van der Waals surface area contributed by atoms with Gasteiger partial charge in [-0.1, -0.05) is 295 Å². The smallest absolute Gasteiger partial charge is 0.305 e. The summed E-state index contributed by atoms with van der Waals surface area (Å²) in [6, 6.07) is -0.626. The summed E-state index contributed by atoms with van der Waals surface area (Å²) in [5.41, 5.74) is 0. The van der Waals surface area contributed by atoms with Gasteiger partial charge in [-0.05, 0) is 57.8 Å². The molecule has 408 valence electrons. The van der Waals surface area contributed by atoms with Crippen molar-refractivity contribution in [2.75, 3.05) is 13.2 Å². The molecule has 0 bridgehead atoms. The largest absolute Gasteiger partial charge is 0.466 e. The van der Waals surface area contributed by atoms with Crippen LogP contribution < -0.4 is 5.32 Å². The van der Waals surface area contributed by atoms with Gasteiger partial charge in [-0.15, -0.1) is 0 Å². The van der Waals surface area contributed by atoms with Gasteiger partial charge in [0.2, 0.25) is 5.91 Å². The normalized spacial score (nSPS) is 12.7. The van der Waals surface area contributed by atoms with Gasteiger partial charge in [0.15, 0.2) is 0 Å². The first-order chi connectivity index (χ1) is 34.0. The average Bonchev–Trinajstić information content (AvgIpc) is 3.35. The first-order valence-electron chi connectivity index (χ1n) is 31.1. The van der Waals surface area contributed by atoms with Crippen molar-refractivity contribution < 1.29 is 24.5 Å². The summed E-state index contributed by atoms with van der Waals surface area (Å²) >= 11 is 0. The van der Waals surface area contributed by atoms with Crippen molar-refractivity contribution in [2.45, 2.75) is 353 Å². The molecule has 2 atom stereocenters. The molecule has 0 aromatic carbocycles. The van der Waals surface area contributed by atoms with Crippen molar-refractivity contribution in [3.8, 4) is 0 Å². The Morgan fingerprint density at radius 2 is 0.681 bits per heavy atom. The number of aliphatic hydroxyl groups excluding tert-OH is 2. The Kier molecular flexibility index (Phi) is 57.5. The highest BCUT2D eigenvalue weighted by molar-refractivity contribution is 5.76. The van der Waals surface area contributed by atoms with E-state index in [1.54, 1.807) is 6.08 Å². The Morgan fingerprint density at radius 3 is 1.03 bits per heavy atom. The zero-order chi connectivity index (χ0) is 50.0. The van der Waals surface area contributed by atoms with Crippen molar-refractivity contribution in [3.05, 3.63) is 24.3 Å². The predicted molar refractivity (Wildman–Crippen MR) is 301 cm³/mol. The molecule has 0 aromatic heterocycles. The van der Waals surface area contributed by atoms with Gasteiger partial charge in [-0.2, -0.15) is 0 Å². The van der Waals surface area contributed by atoms with Crippen LogP contribution in [-0.2, 0) is 14.3 Å². The summed E-state index contributed by atoms with van der Waals surface area (Å²) in [6.07, 6.45) is 72.3. The highest BCUT2D eigenvalue weighted by Gasteiger charge is 2.18. The monoisotopic (exact) mass is 972 g/mol. The lowest BCUT2D eigenvalue weighted by Gasteiger charge is -2.20. The lowest BCUT2D eigenvalue weighted by Crippen LogP contribution is -2.45. The molecule has 0 aromatic rings. The highest BCUT2D eigenvalue weighted by Crippen LogP contribution is 2.17. The van der Waals surface area contributed by atoms with E-state index in [9.17, 15) is 19.8 Å². The zero-order valence-electron chi connectivity index (χ0n) is 46.6. The fourth-order valence-electron chi connectivity index (χ4n) is 9.69. The molecule has 6 nitrogen and oxygen atoms in total. The summed E-state index contributed by atoms with van der Waals surface area (Å²) in [7, 11) is 0. The number of carbonyl (C=O) groups is 2. The molecule has 0 spiro atoms. The molecule has 2 unspecified atom stereocenters. The topological polar surface area (TPSA) is 95.9 Å². The first-order valence-corrected chi connectivity index (χ1v) is 31.1. The van der Waals surface area contributed by atoms with E-state index in [-0.39, 0.29) is 18.5 Å². The summed E-state index contributed by atoms with van der Waals surface area (Å²) in [4.78, 5) is 24.4. The van der Waals surface area contributed by atoms with Gasteiger partial charge in [0.05, 0.1) is 25.4 Å². The minimum absolute atomic E-state index is 0.0163. The average molecular weight is 973 g/mol. The summed E-state index contributed by atoms with van der Waals surface area (Å²) in [5.74, 6) is -0.0513. The number of ether oxygens (including phenoxy) is 1. The number of esters is 1. The Morgan fingerprint density at radius 1 is 0.391 bits per heavy atom. The Balaban J connectivity index is 3.38. The Bertz CT molecular complexity index is 1080. The Labute approximate surface area is 431 Å². The van der Waals surface area contributed by atoms with Gasteiger partial charge < -0.3 is 20.3 Å².